The number of aliphatic carboxylic acids is 1. The van der Waals surface area contributed by atoms with Crippen molar-refractivity contribution in [2.75, 3.05) is 13.1 Å². The molecule has 4 rings (SSSR count). The molecule has 1 aliphatic heterocycles. The van der Waals surface area contributed by atoms with Crippen molar-refractivity contribution in [1.82, 2.24) is 8.87 Å². The normalized spacial score (nSPS) is 17.2. The van der Waals surface area contributed by atoms with Crippen LogP contribution in [0.4, 0.5) is 0 Å². The Morgan fingerprint density at radius 1 is 1.07 bits per heavy atom. The molecule has 2 aromatic rings. The highest BCUT2D eigenvalue weighted by atomic mass is 32.2. The van der Waals surface area contributed by atoms with Crippen LogP contribution in [0.3, 0.4) is 0 Å². The monoisotopic (exact) mass is 402 g/mol. The molecule has 1 saturated heterocycles. The van der Waals surface area contributed by atoms with Gasteiger partial charge in [0, 0.05) is 24.5 Å². The number of rotatable bonds is 6. The van der Waals surface area contributed by atoms with Crippen LogP contribution in [-0.2, 0) is 40.6 Å². The molecule has 150 valence electrons. The summed E-state index contributed by atoms with van der Waals surface area (Å²) in [5.74, 6) is -0.823. The summed E-state index contributed by atoms with van der Waals surface area (Å²) in [6.45, 7) is 3.20. The molecule has 1 fully saturated rings. The summed E-state index contributed by atoms with van der Waals surface area (Å²) < 4.78 is 28.9. The van der Waals surface area contributed by atoms with Crippen molar-refractivity contribution in [3.63, 3.8) is 0 Å². The van der Waals surface area contributed by atoms with Crippen molar-refractivity contribution in [2.24, 2.45) is 0 Å². The molecule has 0 bridgehead atoms. The van der Waals surface area contributed by atoms with Crippen molar-refractivity contribution in [3.05, 3.63) is 52.3 Å². The minimum atomic E-state index is -3.39. The summed E-state index contributed by atoms with van der Waals surface area (Å²) >= 11 is 0. The first-order valence-corrected chi connectivity index (χ1v) is 11.3. The van der Waals surface area contributed by atoms with Gasteiger partial charge < -0.3 is 9.67 Å². The van der Waals surface area contributed by atoms with Gasteiger partial charge in [-0.2, -0.15) is 4.31 Å². The molecule has 0 saturated carbocycles. The Morgan fingerprint density at radius 3 is 2.39 bits per heavy atom. The van der Waals surface area contributed by atoms with Crippen LogP contribution in [0, 0.1) is 6.92 Å². The largest absolute Gasteiger partial charge is 0.480 e. The number of nitrogens with zero attached hydrogens (tertiary/aromatic N) is 2. The topological polar surface area (TPSA) is 79.6 Å². The SMILES string of the molecule is Cc1c(Cc2ccc(S(=O)(=O)N3CCCC3)cc2)c2c(n1CC(=O)O)CCC2. The van der Waals surface area contributed by atoms with Gasteiger partial charge in [-0.1, -0.05) is 12.1 Å². The Balaban J connectivity index is 1.60. The zero-order valence-electron chi connectivity index (χ0n) is 16.1. The quantitative estimate of drug-likeness (QED) is 0.806. The van der Waals surface area contributed by atoms with Gasteiger partial charge in [0.25, 0.3) is 0 Å². The highest BCUT2D eigenvalue weighted by Crippen LogP contribution is 2.32. The van der Waals surface area contributed by atoms with Crippen LogP contribution in [0.15, 0.2) is 29.2 Å². The van der Waals surface area contributed by atoms with Gasteiger partial charge in [0.1, 0.15) is 6.54 Å². The van der Waals surface area contributed by atoms with E-state index in [1.54, 1.807) is 16.4 Å². The number of benzene rings is 1. The van der Waals surface area contributed by atoms with E-state index in [-0.39, 0.29) is 6.54 Å². The molecular formula is C21H26N2O4S. The minimum Gasteiger partial charge on any atom is -0.480 e. The van der Waals surface area contributed by atoms with E-state index in [4.69, 9.17) is 0 Å². The van der Waals surface area contributed by atoms with E-state index >= 15 is 0 Å². The molecular weight excluding hydrogens is 376 g/mol. The van der Waals surface area contributed by atoms with Crippen LogP contribution >= 0.6 is 0 Å². The Bertz CT molecular complexity index is 1000. The first-order valence-electron chi connectivity index (χ1n) is 9.88. The summed E-state index contributed by atoms with van der Waals surface area (Å²) in [5, 5.41) is 9.24. The van der Waals surface area contributed by atoms with Gasteiger partial charge in [0.05, 0.1) is 4.90 Å². The Hall–Kier alpha value is -2.12. The fourth-order valence-electron chi connectivity index (χ4n) is 4.58. The van der Waals surface area contributed by atoms with E-state index in [9.17, 15) is 18.3 Å². The van der Waals surface area contributed by atoms with Crippen molar-refractivity contribution >= 4 is 16.0 Å². The van der Waals surface area contributed by atoms with E-state index in [0.29, 0.717) is 24.4 Å². The second-order valence-corrected chi connectivity index (χ2v) is 9.69. The predicted octanol–water partition coefficient (Wildman–Crippen LogP) is 2.75. The highest BCUT2D eigenvalue weighted by molar-refractivity contribution is 7.89. The third-order valence-electron chi connectivity index (χ3n) is 6.02. The molecule has 0 atom stereocenters. The summed E-state index contributed by atoms with van der Waals surface area (Å²) in [4.78, 5) is 11.6. The van der Waals surface area contributed by atoms with Crippen LogP contribution in [0.2, 0.25) is 0 Å². The molecule has 6 nitrogen and oxygen atoms in total. The Morgan fingerprint density at radius 2 is 1.75 bits per heavy atom. The number of carbonyl (C=O) groups is 1. The molecule has 0 amide bonds. The van der Waals surface area contributed by atoms with Gasteiger partial charge in [-0.3, -0.25) is 4.79 Å². The van der Waals surface area contributed by atoms with Gasteiger partial charge in [0.15, 0.2) is 0 Å². The Kier molecular flexibility index (Phi) is 5.05. The molecule has 1 aliphatic carbocycles. The van der Waals surface area contributed by atoms with Gasteiger partial charge in [-0.25, -0.2) is 8.42 Å². The van der Waals surface area contributed by atoms with Crippen molar-refractivity contribution in [3.8, 4) is 0 Å². The van der Waals surface area contributed by atoms with Gasteiger partial charge in [-0.05, 0) is 74.3 Å². The summed E-state index contributed by atoms with van der Waals surface area (Å²) in [7, 11) is -3.39. The lowest BCUT2D eigenvalue weighted by Gasteiger charge is -2.15. The lowest BCUT2D eigenvalue weighted by Crippen LogP contribution is -2.27. The number of aromatic nitrogens is 1. The minimum absolute atomic E-state index is 0.00117. The molecule has 0 spiro atoms. The molecule has 1 aromatic heterocycles. The number of carboxylic acids is 1. The zero-order chi connectivity index (χ0) is 19.9. The van der Waals surface area contributed by atoms with E-state index in [0.717, 1.165) is 49.1 Å². The summed E-state index contributed by atoms with van der Waals surface area (Å²) in [6.07, 6.45) is 5.52. The number of fused-ring (bicyclic) bond motifs is 1. The van der Waals surface area contributed by atoms with Crippen LogP contribution in [0.5, 0.6) is 0 Å². The van der Waals surface area contributed by atoms with Crippen molar-refractivity contribution in [1.29, 1.82) is 0 Å². The highest BCUT2D eigenvalue weighted by Gasteiger charge is 2.28. The number of sulfonamides is 1. The smallest absolute Gasteiger partial charge is 0.323 e. The predicted molar refractivity (Wildman–Crippen MR) is 106 cm³/mol. The fourth-order valence-corrected chi connectivity index (χ4v) is 6.10. The number of hydrogen-bond acceptors (Lipinski definition) is 3. The molecule has 0 unspecified atom stereocenters. The standard InChI is InChI=1S/C21H26N2O4S/c1-15-19(18-5-4-6-20(18)23(15)14-21(24)25)13-16-7-9-17(10-8-16)28(26,27)22-11-2-3-12-22/h7-10H,2-6,11-14H2,1H3,(H,24,25). The number of hydrogen-bond donors (Lipinski definition) is 1. The van der Waals surface area contributed by atoms with Crippen molar-refractivity contribution in [2.45, 2.75) is 56.9 Å². The van der Waals surface area contributed by atoms with Crippen LogP contribution < -0.4 is 0 Å². The first kappa shape index (κ1) is 19.2. The van der Waals surface area contributed by atoms with Crippen LogP contribution in [0.1, 0.15) is 47.3 Å². The van der Waals surface area contributed by atoms with Gasteiger partial charge >= 0.3 is 5.97 Å². The number of carboxylic acid groups (broad SMARTS) is 1. The third-order valence-corrected chi connectivity index (χ3v) is 7.93. The van der Waals surface area contributed by atoms with E-state index in [1.807, 2.05) is 23.6 Å². The average molecular weight is 403 g/mol. The summed E-state index contributed by atoms with van der Waals surface area (Å²) in [6, 6.07) is 7.18. The van der Waals surface area contributed by atoms with Crippen LogP contribution in [0.25, 0.3) is 0 Å². The molecule has 2 aliphatic rings. The molecule has 1 aromatic carbocycles. The fraction of sp³-hybridized carbons (Fsp3) is 0.476. The first-order chi connectivity index (χ1) is 13.4. The molecule has 1 N–H and O–H groups in total. The second kappa shape index (κ2) is 7.37. The zero-order valence-corrected chi connectivity index (χ0v) is 17.0. The Labute approximate surface area is 165 Å². The maximum absolute atomic E-state index is 12.7. The average Bonchev–Trinajstić information content (AvgIpc) is 3.39. The molecule has 0 radical (unpaired) electrons. The maximum Gasteiger partial charge on any atom is 0.323 e. The van der Waals surface area contributed by atoms with Gasteiger partial charge in [0.2, 0.25) is 10.0 Å². The molecule has 2 heterocycles. The van der Waals surface area contributed by atoms with Crippen LogP contribution in [-0.4, -0.2) is 41.5 Å². The van der Waals surface area contributed by atoms with E-state index in [2.05, 4.69) is 0 Å². The van der Waals surface area contributed by atoms with E-state index < -0.39 is 16.0 Å². The lowest BCUT2D eigenvalue weighted by molar-refractivity contribution is -0.137. The summed E-state index contributed by atoms with van der Waals surface area (Å²) in [5.41, 5.74) is 5.70. The van der Waals surface area contributed by atoms with Crippen molar-refractivity contribution < 1.29 is 18.3 Å². The second-order valence-electron chi connectivity index (χ2n) is 7.75. The molecule has 28 heavy (non-hydrogen) atoms. The maximum atomic E-state index is 12.7. The molecule has 7 heteroatoms. The van der Waals surface area contributed by atoms with E-state index in [1.165, 1.54) is 11.1 Å². The van der Waals surface area contributed by atoms with Gasteiger partial charge in [-0.15, -0.1) is 0 Å². The third kappa shape index (κ3) is 3.37. The lowest BCUT2D eigenvalue weighted by atomic mass is 10.0.